The predicted octanol–water partition coefficient (Wildman–Crippen LogP) is 1.66. The molecule has 0 bridgehead atoms. The van der Waals surface area contributed by atoms with E-state index in [1.807, 2.05) is 13.8 Å². The molecular weight excluding hydrogens is 194 g/mol. The Kier molecular flexibility index (Phi) is 2.62. The van der Waals surface area contributed by atoms with Crippen molar-refractivity contribution in [3.05, 3.63) is 36.1 Å². The van der Waals surface area contributed by atoms with Crippen molar-refractivity contribution >= 4 is 0 Å². The third-order valence-electron chi connectivity index (χ3n) is 1.97. The lowest BCUT2D eigenvalue weighted by Gasteiger charge is -2.00. The van der Waals surface area contributed by atoms with Crippen molar-refractivity contribution in [1.82, 2.24) is 15.0 Å². The fourth-order valence-electron chi connectivity index (χ4n) is 1.11. The number of aromatic nitrogens is 3. The van der Waals surface area contributed by atoms with Crippen molar-refractivity contribution in [2.24, 2.45) is 0 Å². The Morgan fingerprint density at radius 2 is 2.00 bits per heavy atom. The highest BCUT2D eigenvalue weighted by atomic mass is 16.5. The summed E-state index contributed by atoms with van der Waals surface area (Å²) in [6.07, 6.45) is 4.64. The second-order valence-electron chi connectivity index (χ2n) is 3.11. The van der Waals surface area contributed by atoms with Crippen LogP contribution in [0.1, 0.15) is 17.3 Å². The van der Waals surface area contributed by atoms with Gasteiger partial charge in [0.05, 0.1) is 18.1 Å². The molecule has 0 aliphatic heterocycles. The Morgan fingerprint density at radius 3 is 2.60 bits per heavy atom. The van der Waals surface area contributed by atoms with E-state index in [9.17, 15) is 0 Å². The van der Waals surface area contributed by atoms with Crippen LogP contribution in [-0.2, 0) is 6.61 Å². The van der Waals surface area contributed by atoms with Gasteiger partial charge >= 0.3 is 0 Å². The standard InChI is InChI=1S/C10H11N3O2/c1-7-8(2)15-10(13-7)5-14-9-3-11-6-12-4-9/h3-4,6H,5H2,1-2H3. The molecule has 15 heavy (non-hydrogen) atoms. The van der Waals surface area contributed by atoms with E-state index in [0.717, 1.165) is 11.5 Å². The number of aryl methyl sites for hydroxylation is 2. The zero-order chi connectivity index (χ0) is 10.7. The van der Waals surface area contributed by atoms with Crippen molar-refractivity contribution in [2.75, 3.05) is 0 Å². The molecule has 0 N–H and O–H groups in total. The third kappa shape index (κ3) is 2.31. The SMILES string of the molecule is Cc1nc(COc2cncnc2)oc1C. The number of hydrogen-bond acceptors (Lipinski definition) is 5. The second-order valence-corrected chi connectivity index (χ2v) is 3.11. The van der Waals surface area contributed by atoms with Gasteiger partial charge in [0.25, 0.3) is 0 Å². The molecule has 0 aliphatic carbocycles. The molecule has 5 heteroatoms. The first kappa shape index (κ1) is 9.64. The van der Waals surface area contributed by atoms with Crippen LogP contribution in [0.4, 0.5) is 0 Å². The molecule has 0 fully saturated rings. The highest BCUT2D eigenvalue weighted by Crippen LogP contribution is 2.11. The van der Waals surface area contributed by atoms with Crippen LogP contribution in [-0.4, -0.2) is 15.0 Å². The van der Waals surface area contributed by atoms with Crippen LogP contribution >= 0.6 is 0 Å². The van der Waals surface area contributed by atoms with Crippen LogP contribution < -0.4 is 4.74 Å². The molecule has 2 aromatic heterocycles. The van der Waals surface area contributed by atoms with Gasteiger partial charge in [-0.25, -0.2) is 15.0 Å². The zero-order valence-corrected chi connectivity index (χ0v) is 8.60. The zero-order valence-electron chi connectivity index (χ0n) is 8.60. The highest BCUT2D eigenvalue weighted by molar-refractivity contribution is 5.10. The minimum atomic E-state index is 0.294. The van der Waals surface area contributed by atoms with Gasteiger partial charge in [-0.3, -0.25) is 0 Å². The first-order valence-corrected chi connectivity index (χ1v) is 4.56. The summed E-state index contributed by atoms with van der Waals surface area (Å²) >= 11 is 0. The summed E-state index contributed by atoms with van der Waals surface area (Å²) in [5, 5.41) is 0. The van der Waals surface area contributed by atoms with E-state index in [4.69, 9.17) is 9.15 Å². The molecule has 0 unspecified atom stereocenters. The molecule has 5 nitrogen and oxygen atoms in total. The van der Waals surface area contributed by atoms with E-state index in [0.29, 0.717) is 18.2 Å². The molecule has 2 rings (SSSR count). The summed E-state index contributed by atoms with van der Waals surface area (Å²) in [7, 11) is 0. The first-order valence-electron chi connectivity index (χ1n) is 4.56. The molecule has 2 aromatic rings. The van der Waals surface area contributed by atoms with Gasteiger partial charge in [-0.05, 0) is 13.8 Å². The van der Waals surface area contributed by atoms with Crippen molar-refractivity contribution in [2.45, 2.75) is 20.5 Å². The third-order valence-corrected chi connectivity index (χ3v) is 1.97. The lowest BCUT2D eigenvalue weighted by molar-refractivity contribution is 0.258. The van der Waals surface area contributed by atoms with Crippen molar-refractivity contribution in [1.29, 1.82) is 0 Å². The van der Waals surface area contributed by atoms with E-state index in [-0.39, 0.29) is 0 Å². The molecule has 0 amide bonds. The molecule has 0 aromatic carbocycles. The summed E-state index contributed by atoms with van der Waals surface area (Å²) in [5.41, 5.74) is 0.887. The number of ether oxygens (including phenoxy) is 1. The Bertz CT molecular complexity index is 420. The summed E-state index contributed by atoms with van der Waals surface area (Å²) in [4.78, 5) is 11.9. The molecule has 0 saturated carbocycles. The van der Waals surface area contributed by atoms with Gasteiger partial charge in [0, 0.05) is 0 Å². The maximum absolute atomic E-state index is 5.38. The smallest absolute Gasteiger partial charge is 0.232 e. The van der Waals surface area contributed by atoms with Gasteiger partial charge < -0.3 is 9.15 Å². The van der Waals surface area contributed by atoms with E-state index in [1.54, 1.807) is 12.4 Å². The maximum Gasteiger partial charge on any atom is 0.232 e. The van der Waals surface area contributed by atoms with E-state index in [1.165, 1.54) is 6.33 Å². The Labute approximate surface area is 87.2 Å². The number of hydrogen-bond donors (Lipinski definition) is 0. The van der Waals surface area contributed by atoms with Gasteiger partial charge in [-0.1, -0.05) is 0 Å². The van der Waals surface area contributed by atoms with E-state index in [2.05, 4.69) is 15.0 Å². The molecule has 0 spiro atoms. The lowest BCUT2D eigenvalue weighted by atomic mass is 10.4. The number of oxazole rings is 1. The fourth-order valence-corrected chi connectivity index (χ4v) is 1.11. The van der Waals surface area contributed by atoms with Gasteiger partial charge in [-0.15, -0.1) is 0 Å². The van der Waals surface area contributed by atoms with Gasteiger partial charge in [0.1, 0.15) is 12.1 Å². The second kappa shape index (κ2) is 4.08. The molecule has 2 heterocycles. The van der Waals surface area contributed by atoms with E-state index >= 15 is 0 Å². The summed E-state index contributed by atoms with van der Waals surface area (Å²) in [6, 6.07) is 0. The summed E-state index contributed by atoms with van der Waals surface area (Å²) in [6.45, 7) is 4.06. The molecular formula is C10H11N3O2. The Balaban J connectivity index is 1.99. The van der Waals surface area contributed by atoms with Gasteiger partial charge in [0.15, 0.2) is 12.4 Å². The van der Waals surface area contributed by atoms with Crippen LogP contribution in [0, 0.1) is 13.8 Å². The Morgan fingerprint density at radius 1 is 1.27 bits per heavy atom. The normalized spacial score (nSPS) is 10.3. The molecule has 0 atom stereocenters. The van der Waals surface area contributed by atoms with Crippen molar-refractivity contribution < 1.29 is 9.15 Å². The highest BCUT2D eigenvalue weighted by Gasteiger charge is 2.05. The van der Waals surface area contributed by atoms with Gasteiger partial charge in [0.2, 0.25) is 5.89 Å². The number of rotatable bonds is 3. The predicted molar refractivity (Wildman–Crippen MR) is 52.3 cm³/mol. The van der Waals surface area contributed by atoms with Gasteiger partial charge in [-0.2, -0.15) is 0 Å². The van der Waals surface area contributed by atoms with Crippen LogP contribution in [0.5, 0.6) is 5.75 Å². The van der Waals surface area contributed by atoms with Crippen LogP contribution in [0.2, 0.25) is 0 Å². The van der Waals surface area contributed by atoms with E-state index < -0.39 is 0 Å². The fraction of sp³-hybridized carbons (Fsp3) is 0.300. The van der Waals surface area contributed by atoms with Crippen LogP contribution in [0.25, 0.3) is 0 Å². The lowest BCUT2D eigenvalue weighted by Crippen LogP contribution is -1.96. The Hall–Kier alpha value is -1.91. The largest absolute Gasteiger partial charge is 0.481 e. The van der Waals surface area contributed by atoms with Crippen molar-refractivity contribution in [3.8, 4) is 5.75 Å². The average Bonchev–Trinajstić information content (AvgIpc) is 2.57. The summed E-state index contributed by atoms with van der Waals surface area (Å²) in [5.74, 6) is 1.98. The topological polar surface area (TPSA) is 61.0 Å². The number of nitrogens with zero attached hydrogens (tertiary/aromatic N) is 3. The monoisotopic (exact) mass is 205 g/mol. The average molecular weight is 205 g/mol. The minimum Gasteiger partial charge on any atom is -0.481 e. The van der Waals surface area contributed by atoms with Crippen molar-refractivity contribution in [3.63, 3.8) is 0 Å². The first-order chi connectivity index (χ1) is 7.25. The molecule has 0 radical (unpaired) electrons. The van der Waals surface area contributed by atoms with Crippen LogP contribution in [0.15, 0.2) is 23.1 Å². The molecule has 78 valence electrons. The summed E-state index contributed by atoms with van der Waals surface area (Å²) < 4.78 is 10.7. The molecule has 0 aliphatic rings. The van der Waals surface area contributed by atoms with Crippen LogP contribution in [0.3, 0.4) is 0 Å². The maximum atomic E-state index is 5.38. The quantitative estimate of drug-likeness (QED) is 0.762. The minimum absolute atomic E-state index is 0.294. The molecule has 0 saturated heterocycles.